The van der Waals surface area contributed by atoms with E-state index in [1.54, 1.807) is 19.1 Å². The van der Waals surface area contributed by atoms with Gasteiger partial charge in [0.15, 0.2) is 5.78 Å². The Labute approximate surface area is 118 Å². The first-order valence-corrected chi connectivity index (χ1v) is 6.44. The number of esters is 1. The zero-order chi connectivity index (χ0) is 15.1. The fourth-order valence-corrected chi connectivity index (χ4v) is 1.91. The fourth-order valence-electron chi connectivity index (χ4n) is 1.91. The van der Waals surface area contributed by atoms with Gasteiger partial charge in [0.2, 0.25) is 0 Å². The van der Waals surface area contributed by atoms with Gasteiger partial charge in [-0.1, -0.05) is 0 Å². The molecule has 20 heavy (non-hydrogen) atoms. The second-order valence-electron chi connectivity index (χ2n) is 4.23. The summed E-state index contributed by atoms with van der Waals surface area (Å²) in [5, 5.41) is 0. The van der Waals surface area contributed by atoms with Crippen LogP contribution in [0.3, 0.4) is 0 Å². The number of carbonyl (C=O) groups excluding carboxylic acids is 2. The lowest BCUT2D eigenvalue weighted by Crippen LogP contribution is -2.07. The van der Waals surface area contributed by atoms with Crippen LogP contribution in [0.5, 0.6) is 11.5 Å². The highest BCUT2D eigenvalue weighted by atomic mass is 16.5. The molecule has 0 saturated heterocycles. The number of rotatable bonds is 7. The highest BCUT2D eigenvalue weighted by Gasteiger charge is 2.15. The van der Waals surface area contributed by atoms with Gasteiger partial charge >= 0.3 is 5.97 Å². The molecule has 110 valence electrons. The van der Waals surface area contributed by atoms with Crippen LogP contribution in [0.1, 0.15) is 36.2 Å². The van der Waals surface area contributed by atoms with Crippen molar-refractivity contribution in [3.8, 4) is 11.5 Å². The molecule has 5 heteroatoms. The number of Topliss-reactive ketones (excluding diaryl/α,β-unsaturated/α-hetero) is 1. The quantitative estimate of drug-likeness (QED) is 0.567. The third-order valence-corrected chi connectivity index (χ3v) is 2.89. The Morgan fingerprint density at radius 3 is 2.25 bits per heavy atom. The maximum absolute atomic E-state index is 11.6. The number of ether oxygens (including phenoxy) is 3. The molecule has 0 aliphatic heterocycles. The van der Waals surface area contributed by atoms with Gasteiger partial charge in [-0.2, -0.15) is 0 Å². The lowest BCUT2D eigenvalue weighted by molar-refractivity contribution is -0.143. The fraction of sp³-hybridized carbons (Fsp3) is 0.467. The molecule has 1 rings (SSSR count). The van der Waals surface area contributed by atoms with Gasteiger partial charge in [-0.15, -0.1) is 0 Å². The van der Waals surface area contributed by atoms with Crippen molar-refractivity contribution in [1.82, 2.24) is 0 Å². The zero-order valence-electron chi connectivity index (χ0n) is 12.3. The Hall–Kier alpha value is -2.04. The molecule has 0 saturated carbocycles. The number of hydrogen-bond donors (Lipinski definition) is 0. The molecule has 0 aromatic heterocycles. The Kier molecular flexibility index (Phi) is 6.03. The third kappa shape index (κ3) is 3.98. The minimum atomic E-state index is -0.269. The average Bonchev–Trinajstić information content (AvgIpc) is 2.44. The molecular formula is C15H20O5. The molecule has 0 atom stereocenters. The smallest absolute Gasteiger partial charge is 0.306 e. The maximum Gasteiger partial charge on any atom is 0.306 e. The predicted molar refractivity (Wildman–Crippen MR) is 74.5 cm³/mol. The molecule has 0 N–H and O–H groups in total. The summed E-state index contributed by atoms with van der Waals surface area (Å²) in [5.74, 6) is 0.696. The van der Waals surface area contributed by atoms with E-state index < -0.39 is 0 Å². The first-order valence-electron chi connectivity index (χ1n) is 6.44. The third-order valence-electron chi connectivity index (χ3n) is 2.89. The summed E-state index contributed by atoms with van der Waals surface area (Å²) in [6, 6.07) is 3.37. The van der Waals surface area contributed by atoms with Gasteiger partial charge in [0.25, 0.3) is 0 Å². The van der Waals surface area contributed by atoms with Crippen LogP contribution in [0, 0.1) is 0 Å². The SMILES string of the molecule is CCOC(=O)CCc1cc(C(C)=O)c(OC)cc1OC. The van der Waals surface area contributed by atoms with Crippen molar-refractivity contribution in [3.63, 3.8) is 0 Å². The zero-order valence-corrected chi connectivity index (χ0v) is 12.3. The highest BCUT2D eigenvalue weighted by molar-refractivity contribution is 5.97. The molecule has 0 bridgehead atoms. The van der Waals surface area contributed by atoms with Crippen molar-refractivity contribution in [2.75, 3.05) is 20.8 Å². The van der Waals surface area contributed by atoms with E-state index in [-0.39, 0.29) is 18.2 Å². The first kappa shape index (κ1) is 16.0. The summed E-state index contributed by atoms with van der Waals surface area (Å²) >= 11 is 0. The second-order valence-corrected chi connectivity index (χ2v) is 4.23. The molecule has 0 aliphatic rings. The van der Waals surface area contributed by atoms with E-state index >= 15 is 0 Å². The lowest BCUT2D eigenvalue weighted by atomic mass is 10.0. The van der Waals surface area contributed by atoms with Crippen molar-refractivity contribution < 1.29 is 23.8 Å². The number of ketones is 1. The maximum atomic E-state index is 11.6. The Bertz CT molecular complexity index is 493. The van der Waals surface area contributed by atoms with Crippen LogP contribution in [0.4, 0.5) is 0 Å². The van der Waals surface area contributed by atoms with Gasteiger partial charge in [0.1, 0.15) is 11.5 Å². The molecule has 0 fully saturated rings. The number of carbonyl (C=O) groups is 2. The molecule has 0 amide bonds. The average molecular weight is 280 g/mol. The summed E-state index contributed by atoms with van der Waals surface area (Å²) in [6.45, 7) is 3.59. The Balaban J connectivity index is 3.02. The number of aryl methyl sites for hydroxylation is 1. The van der Waals surface area contributed by atoms with Gasteiger partial charge in [-0.05, 0) is 31.9 Å². The predicted octanol–water partition coefficient (Wildman–Crippen LogP) is 2.40. The van der Waals surface area contributed by atoms with Gasteiger partial charge in [0.05, 0.1) is 26.4 Å². The molecule has 1 aromatic carbocycles. The molecule has 0 aliphatic carbocycles. The molecule has 0 heterocycles. The number of hydrogen-bond acceptors (Lipinski definition) is 5. The lowest BCUT2D eigenvalue weighted by Gasteiger charge is -2.13. The molecule has 1 aromatic rings. The second kappa shape index (κ2) is 7.53. The summed E-state index contributed by atoms with van der Waals surface area (Å²) < 4.78 is 15.3. The van der Waals surface area contributed by atoms with Crippen molar-refractivity contribution in [2.24, 2.45) is 0 Å². The van der Waals surface area contributed by atoms with Gasteiger partial charge in [-0.25, -0.2) is 0 Å². The van der Waals surface area contributed by atoms with E-state index in [0.29, 0.717) is 30.1 Å². The Morgan fingerprint density at radius 1 is 1.10 bits per heavy atom. The van der Waals surface area contributed by atoms with Crippen LogP contribution >= 0.6 is 0 Å². The van der Waals surface area contributed by atoms with Crippen LogP contribution in [0.15, 0.2) is 12.1 Å². The summed E-state index contributed by atoms with van der Waals surface area (Å²) in [5.41, 5.74) is 1.26. The summed E-state index contributed by atoms with van der Waals surface area (Å²) in [6.07, 6.45) is 0.695. The van der Waals surface area contributed by atoms with Crippen LogP contribution < -0.4 is 9.47 Å². The molecular weight excluding hydrogens is 260 g/mol. The molecule has 5 nitrogen and oxygen atoms in total. The van der Waals surface area contributed by atoms with E-state index in [1.165, 1.54) is 21.1 Å². The van der Waals surface area contributed by atoms with Crippen molar-refractivity contribution >= 4 is 11.8 Å². The summed E-state index contributed by atoms with van der Waals surface area (Å²) in [4.78, 5) is 23.0. The minimum absolute atomic E-state index is 0.0955. The molecule has 0 spiro atoms. The van der Waals surface area contributed by atoms with Crippen LogP contribution in [-0.4, -0.2) is 32.6 Å². The van der Waals surface area contributed by atoms with E-state index in [0.717, 1.165) is 5.56 Å². The normalized spacial score (nSPS) is 10.0. The van der Waals surface area contributed by atoms with Crippen LogP contribution in [0.2, 0.25) is 0 Å². The van der Waals surface area contributed by atoms with E-state index in [1.807, 2.05) is 0 Å². The molecule has 0 unspecified atom stereocenters. The molecule has 0 radical (unpaired) electrons. The summed E-state index contributed by atoms with van der Waals surface area (Å²) in [7, 11) is 3.04. The van der Waals surface area contributed by atoms with E-state index in [4.69, 9.17) is 14.2 Å². The van der Waals surface area contributed by atoms with Gasteiger partial charge in [-0.3, -0.25) is 9.59 Å². The minimum Gasteiger partial charge on any atom is -0.496 e. The van der Waals surface area contributed by atoms with E-state index in [9.17, 15) is 9.59 Å². The van der Waals surface area contributed by atoms with Gasteiger partial charge < -0.3 is 14.2 Å². The van der Waals surface area contributed by atoms with Crippen molar-refractivity contribution in [2.45, 2.75) is 26.7 Å². The van der Waals surface area contributed by atoms with Gasteiger partial charge in [0, 0.05) is 12.5 Å². The largest absolute Gasteiger partial charge is 0.496 e. The van der Waals surface area contributed by atoms with Crippen LogP contribution in [0.25, 0.3) is 0 Å². The van der Waals surface area contributed by atoms with E-state index in [2.05, 4.69) is 0 Å². The number of methoxy groups -OCH3 is 2. The standard InChI is InChI=1S/C15H20O5/c1-5-20-15(17)7-6-11-8-12(10(2)16)14(19-4)9-13(11)18-3/h8-9H,5-7H2,1-4H3. The highest BCUT2D eigenvalue weighted by Crippen LogP contribution is 2.30. The Morgan fingerprint density at radius 2 is 1.75 bits per heavy atom. The van der Waals surface area contributed by atoms with Crippen molar-refractivity contribution in [3.05, 3.63) is 23.3 Å². The van der Waals surface area contributed by atoms with Crippen LogP contribution in [-0.2, 0) is 16.0 Å². The first-order chi connectivity index (χ1) is 9.53. The monoisotopic (exact) mass is 280 g/mol. The number of benzene rings is 1. The van der Waals surface area contributed by atoms with Crippen molar-refractivity contribution in [1.29, 1.82) is 0 Å². The topological polar surface area (TPSA) is 61.8 Å².